The molecule has 0 heterocycles. The Labute approximate surface area is 120 Å². The second kappa shape index (κ2) is 6.13. The van der Waals surface area contributed by atoms with Crippen molar-refractivity contribution < 1.29 is 28.5 Å². The van der Waals surface area contributed by atoms with E-state index in [1.165, 1.54) is 26.4 Å². The molecule has 2 rings (SSSR count). The van der Waals surface area contributed by atoms with Crippen LogP contribution in [-0.4, -0.2) is 25.3 Å². The molecule has 2 aromatic carbocycles. The second-order valence-electron chi connectivity index (χ2n) is 4.04. The van der Waals surface area contributed by atoms with Gasteiger partial charge in [-0.15, -0.1) is 0 Å². The fourth-order valence-electron chi connectivity index (χ4n) is 1.74. The van der Waals surface area contributed by atoms with E-state index in [-0.39, 0.29) is 17.1 Å². The molecule has 110 valence electrons. The third-order valence-corrected chi connectivity index (χ3v) is 2.77. The molecular formula is C15H13FO5. The topological polar surface area (TPSA) is 65.0 Å². The maximum absolute atomic E-state index is 13.9. The summed E-state index contributed by atoms with van der Waals surface area (Å²) < 4.78 is 29.6. The van der Waals surface area contributed by atoms with Crippen LogP contribution in [-0.2, 0) is 0 Å². The Balaban J connectivity index is 2.40. The Morgan fingerprint density at radius 2 is 1.67 bits per heavy atom. The monoisotopic (exact) mass is 292 g/mol. The summed E-state index contributed by atoms with van der Waals surface area (Å²) in [5.74, 6) is -1.17. The first-order chi connectivity index (χ1) is 10.1. The molecule has 0 saturated heterocycles. The maximum Gasteiger partial charge on any atom is 0.335 e. The van der Waals surface area contributed by atoms with Gasteiger partial charge in [0.05, 0.1) is 19.8 Å². The molecule has 5 nitrogen and oxygen atoms in total. The minimum atomic E-state index is -1.21. The average molecular weight is 292 g/mol. The van der Waals surface area contributed by atoms with Crippen LogP contribution in [0, 0.1) is 5.82 Å². The highest BCUT2D eigenvalue weighted by molar-refractivity contribution is 5.87. The predicted molar refractivity (Wildman–Crippen MR) is 73.0 cm³/mol. The van der Waals surface area contributed by atoms with E-state index in [4.69, 9.17) is 19.3 Å². The van der Waals surface area contributed by atoms with E-state index in [1.807, 2.05) is 0 Å². The fraction of sp³-hybridized carbons (Fsp3) is 0.133. The number of carbonyl (C=O) groups is 1. The van der Waals surface area contributed by atoms with Crippen molar-refractivity contribution in [2.75, 3.05) is 14.2 Å². The number of aromatic carboxylic acids is 1. The van der Waals surface area contributed by atoms with Crippen molar-refractivity contribution in [1.29, 1.82) is 0 Å². The lowest BCUT2D eigenvalue weighted by Crippen LogP contribution is -1.99. The van der Waals surface area contributed by atoms with Gasteiger partial charge in [-0.1, -0.05) is 6.07 Å². The van der Waals surface area contributed by atoms with Crippen molar-refractivity contribution in [3.8, 4) is 23.0 Å². The van der Waals surface area contributed by atoms with Crippen LogP contribution in [0.25, 0.3) is 0 Å². The van der Waals surface area contributed by atoms with Gasteiger partial charge in [0.15, 0.2) is 23.1 Å². The summed E-state index contributed by atoms with van der Waals surface area (Å²) in [6.07, 6.45) is 0. The third-order valence-electron chi connectivity index (χ3n) is 2.77. The molecule has 0 atom stereocenters. The van der Waals surface area contributed by atoms with Gasteiger partial charge >= 0.3 is 5.97 Å². The Morgan fingerprint density at radius 1 is 1.05 bits per heavy atom. The molecule has 0 unspecified atom stereocenters. The van der Waals surface area contributed by atoms with Crippen LogP contribution in [0.1, 0.15) is 10.4 Å². The quantitative estimate of drug-likeness (QED) is 0.915. The molecule has 0 saturated carbocycles. The zero-order valence-corrected chi connectivity index (χ0v) is 11.4. The van der Waals surface area contributed by atoms with Crippen LogP contribution < -0.4 is 14.2 Å². The van der Waals surface area contributed by atoms with Crippen LogP contribution >= 0.6 is 0 Å². The first kappa shape index (κ1) is 14.6. The number of benzene rings is 2. The molecule has 0 fully saturated rings. The smallest absolute Gasteiger partial charge is 0.335 e. The molecule has 2 aromatic rings. The first-order valence-electron chi connectivity index (χ1n) is 5.98. The molecule has 0 spiro atoms. The third kappa shape index (κ3) is 3.05. The van der Waals surface area contributed by atoms with Gasteiger partial charge in [-0.05, 0) is 30.3 Å². The van der Waals surface area contributed by atoms with Crippen LogP contribution in [0.5, 0.6) is 23.0 Å². The van der Waals surface area contributed by atoms with Crippen LogP contribution in [0.4, 0.5) is 4.39 Å². The predicted octanol–water partition coefficient (Wildman–Crippen LogP) is 3.33. The molecule has 0 aliphatic rings. The number of hydrogen-bond acceptors (Lipinski definition) is 4. The van der Waals surface area contributed by atoms with Crippen LogP contribution in [0.2, 0.25) is 0 Å². The number of halogens is 1. The highest BCUT2D eigenvalue weighted by atomic mass is 19.1. The van der Waals surface area contributed by atoms with Crippen LogP contribution in [0.15, 0.2) is 36.4 Å². The van der Waals surface area contributed by atoms with Gasteiger partial charge < -0.3 is 19.3 Å². The van der Waals surface area contributed by atoms with Crippen molar-refractivity contribution in [1.82, 2.24) is 0 Å². The van der Waals surface area contributed by atoms with Crippen molar-refractivity contribution in [3.05, 3.63) is 47.8 Å². The van der Waals surface area contributed by atoms with Crippen molar-refractivity contribution in [2.24, 2.45) is 0 Å². The highest BCUT2D eigenvalue weighted by Crippen LogP contribution is 2.40. The summed E-state index contributed by atoms with van der Waals surface area (Å²) in [4.78, 5) is 10.8. The van der Waals surface area contributed by atoms with E-state index in [9.17, 15) is 9.18 Å². The van der Waals surface area contributed by atoms with E-state index in [0.29, 0.717) is 11.5 Å². The lowest BCUT2D eigenvalue weighted by atomic mass is 10.2. The van der Waals surface area contributed by atoms with Gasteiger partial charge in [-0.3, -0.25) is 0 Å². The standard InChI is InChI=1S/C15H13FO5/c1-19-12-4-3-5-13(20-2)14(12)21-11-7-6-9(15(17)18)8-10(11)16/h3-8H,1-2H3,(H,17,18). The molecule has 0 bridgehead atoms. The van der Waals surface area contributed by atoms with Gasteiger partial charge in [0.25, 0.3) is 0 Å². The molecule has 0 aliphatic carbocycles. The van der Waals surface area contributed by atoms with E-state index >= 15 is 0 Å². The summed E-state index contributed by atoms with van der Waals surface area (Å²) in [6, 6.07) is 8.37. The van der Waals surface area contributed by atoms with Crippen LogP contribution in [0.3, 0.4) is 0 Å². The Kier molecular flexibility index (Phi) is 4.27. The van der Waals surface area contributed by atoms with E-state index in [1.54, 1.807) is 18.2 Å². The number of ether oxygens (including phenoxy) is 3. The molecule has 6 heteroatoms. The molecular weight excluding hydrogens is 279 g/mol. The summed E-state index contributed by atoms with van der Waals surface area (Å²) in [5.41, 5.74) is -0.160. The Morgan fingerprint density at radius 3 is 2.14 bits per heavy atom. The van der Waals surface area contributed by atoms with Gasteiger partial charge in [0, 0.05) is 0 Å². The van der Waals surface area contributed by atoms with Gasteiger partial charge in [0.1, 0.15) is 0 Å². The van der Waals surface area contributed by atoms with Crippen molar-refractivity contribution in [3.63, 3.8) is 0 Å². The SMILES string of the molecule is COc1cccc(OC)c1Oc1ccc(C(=O)O)cc1F. The molecule has 0 amide bonds. The molecule has 0 radical (unpaired) electrons. The Bertz CT molecular complexity index is 647. The minimum Gasteiger partial charge on any atom is -0.493 e. The summed E-state index contributed by atoms with van der Waals surface area (Å²) in [5, 5.41) is 8.81. The molecule has 0 aromatic heterocycles. The van der Waals surface area contributed by atoms with Gasteiger partial charge in [-0.25, -0.2) is 9.18 Å². The average Bonchev–Trinajstić information content (AvgIpc) is 2.49. The van der Waals surface area contributed by atoms with Gasteiger partial charge in [-0.2, -0.15) is 0 Å². The van der Waals surface area contributed by atoms with E-state index < -0.39 is 11.8 Å². The number of carboxylic acids is 1. The molecule has 21 heavy (non-hydrogen) atoms. The normalized spacial score (nSPS) is 10.0. The highest BCUT2D eigenvalue weighted by Gasteiger charge is 2.16. The first-order valence-corrected chi connectivity index (χ1v) is 5.98. The van der Waals surface area contributed by atoms with E-state index in [0.717, 1.165) is 6.07 Å². The molecule has 0 aliphatic heterocycles. The summed E-state index contributed by atoms with van der Waals surface area (Å²) >= 11 is 0. The zero-order valence-electron chi connectivity index (χ0n) is 11.4. The molecule has 1 N–H and O–H groups in total. The largest absolute Gasteiger partial charge is 0.493 e. The fourth-order valence-corrected chi connectivity index (χ4v) is 1.74. The second-order valence-corrected chi connectivity index (χ2v) is 4.04. The number of hydrogen-bond donors (Lipinski definition) is 1. The van der Waals surface area contributed by atoms with Crippen molar-refractivity contribution >= 4 is 5.97 Å². The van der Waals surface area contributed by atoms with Crippen molar-refractivity contribution in [2.45, 2.75) is 0 Å². The summed E-state index contributed by atoms with van der Waals surface area (Å²) in [7, 11) is 2.90. The van der Waals surface area contributed by atoms with Gasteiger partial charge in [0.2, 0.25) is 5.75 Å². The number of methoxy groups -OCH3 is 2. The minimum absolute atomic E-state index is 0.122. The lowest BCUT2D eigenvalue weighted by Gasteiger charge is -2.14. The lowest BCUT2D eigenvalue weighted by molar-refractivity contribution is 0.0696. The number of carboxylic acid groups (broad SMARTS) is 1. The summed E-state index contributed by atoms with van der Waals surface area (Å²) in [6.45, 7) is 0. The maximum atomic E-state index is 13.9. The van der Waals surface area contributed by atoms with E-state index in [2.05, 4.69) is 0 Å². The Hall–Kier alpha value is -2.76. The number of para-hydroxylation sites is 1. The zero-order chi connectivity index (χ0) is 15.4. The number of rotatable bonds is 5.